The van der Waals surface area contributed by atoms with Gasteiger partial charge in [0, 0.05) is 12.5 Å². The highest BCUT2D eigenvalue weighted by Crippen LogP contribution is 1.90. The number of aliphatic carboxylic acids is 1. The van der Waals surface area contributed by atoms with E-state index in [4.69, 9.17) is 10.8 Å². The SMILES string of the molecule is C=CC(CC(N)=O)NCC(=O)O. The minimum absolute atomic E-state index is 0.0662. The molecule has 0 aromatic heterocycles. The minimum Gasteiger partial charge on any atom is -0.480 e. The smallest absolute Gasteiger partial charge is 0.317 e. The van der Waals surface area contributed by atoms with Crippen LogP contribution in [0.25, 0.3) is 0 Å². The van der Waals surface area contributed by atoms with Crippen molar-refractivity contribution >= 4 is 11.9 Å². The first-order chi connectivity index (χ1) is 5.56. The van der Waals surface area contributed by atoms with Crippen molar-refractivity contribution in [3.63, 3.8) is 0 Å². The molecule has 0 spiro atoms. The Morgan fingerprint density at radius 3 is 2.58 bits per heavy atom. The summed E-state index contributed by atoms with van der Waals surface area (Å²) in [5, 5.41) is 10.9. The van der Waals surface area contributed by atoms with Crippen LogP contribution in [0.3, 0.4) is 0 Å². The summed E-state index contributed by atoms with van der Waals surface area (Å²) < 4.78 is 0. The molecule has 0 aromatic carbocycles. The molecular weight excluding hydrogens is 160 g/mol. The van der Waals surface area contributed by atoms with Gasteiger partial charge in [-0.1, -0.05) is 6.08 Å². The molecule has 0 aliphatic heterocycles. The first-order valence-electron chi connectivity index (χ1n) is 3.42. The molecule has 68 valence electrons. The zero-order valence-corrected chi connectivity index (χ0v) is 6.62. The highest BCUT2D eigenvalue weighted by molar-refractivity contribution is 5.75. The zero-order chi connectivity index (χ0) is 9.56. The van der Waals surface area contributed by atoms with Crippen LogP contribution in [-0.2, 0) is 9.59 Å². The molecule has 0 aliphatic rings. The highest BCUT2D eigenvalue weighted by atomic mass is 16.4. The average molecular weight is 172 g/mol. The summed E-state index contributed by atoms with van der Waals surface area (Å²) in [6.07, 6.45) is 1.52. The van der Waals surface area contributed by atoms with Gasteiger partial charge in [-0.15, -0.1) is 6.58 Å². The van der Waals surface area contributed by atoms with E-state index in [1.165, 1.54) is 6.08 Å². The highest BCUT2D eigenvalue weighted by Gasteiger charge is 2.08. The molecule has 0 saturated carbocycles. The second-order valence-corrected chi connectivity index (χ2v) is 2.29. The van der Waals surface area contributed by atoms with Crippen LogP contribution in [0, 0.1) is 0 Å². The summed E-state index contributed by atoms with van der Waals surface area (Å²) in [7, 11) is 0. The maximum atomic E-state index is 10.4. The maximum Gasteiger partial charge on any atom is 0.317 e. The van der Waals surface area contributed by atoms with E-state index in [0.717, 1.165) is 0 Å². The predicted octanol–water partition coefficient (Wildman–Crippen LogP) is -0.909. The molecule has 5 heteroatoms. The summed E-state index contributed by atoms with van der Waals surface area (Å²) in [4.78, 5) is 20.5. The van der Waals surface area contributed by atoms with Gasteiger partial charge in [-0.05, 0) is 0 Å². The van der Waals surface area contributed by atoms with Gasteiger partial charge in [-0.25, -0.2) is 0 Å². The van der Waals surface area contributed by atoms with Gasteiger partial charge in [-0.2, -0.15) is 0 Å². The lowest BCUT2D eigenvalue weighted by Crippen LogP contribution is -2.35. The van der Waals surface area contributed by atoms with Crippen molar-refractivity contribution < 1.29 is 14.7 Å². The average Bonchev–Trinajstić information content (AvgIpc) is 1.97. The van der Waals surface area contributed by atoms with Crippen molar-refractivity contribution in [3.8, 4) is 0 Å². The number of nitrogens with one attached hydrogen (secondary N) is 1. The molecule has 1 unspecified atom stereocenters. The Bertz CT molecular complexity index is 191. The van der Waals surface area contributed by atoms with Gasteiger partial charge in [0.05, 0.1) is 6.54 Å². The first kappa shape index (κ1) is 10.6. The van der Waals surface area contributed by atoms with E-state index in [1.807, 2.05) is 0 Å². The molecule has 0 saturated heterocycles. The van der Waals surface area contributed by atoms with Crippen LogP contribution >= 0.6 is 0 Å². The van der Waals surface area contributed by atoms with Crippen LogP contribution in [0.15, 0.2) is 12.7 Å². The Morgan fingerprint density at radius 1 is 1.67 bits per heavy atom. The fraction of sp³-hybridized carbons (Fsp3) is 0.429. The lowest BCUT2D eigenvalue weighted by molar-refractivity contribution is -0.136. The topological polar surface area (TPSA) is 92.4 Å². The minimum atomic E-state index is -0.980. The fourth-order valence-electron chi connectivity index (χ4n) is 0.674. The van der Waals surface area contributed by atoms with E-state index < -0.39 is 11.9 Å². The summed E-state index contributed by atoms with van der Waals surface area (Å²) in [5.41, 5.74) is 4.90. The van der Waals surface area contributed by atoms with Crippen molar-refractivity contribution in [2.75, 3.05) is 6.54 Å². The summed E-state index contributed by atoms with van der Waals surface area (Å²) in [6.45, 7) is 3.22. The first-order valence-corrected chi connectivity index (χ1v) is 3.42. The fourth-order valence-corrected chi connectivity index (χ4v) is 0.674. The lowest BCUT2D eigenvalue weighted by Gasteiger charge is -2.09. The van der Waals surface area contributed by atoms with Gasteiger partial charge in [0.1, 0.15) is 0 Å². The van der Waals surface area contributed by atoms with E-state index in [1.54, 1.807) is 0 Å². The van der Waals surface area contributed by atoms with Crippen LogP contribution in [0.1, 0.15) is 6.42 Å². The number of amides is 1. The lowest BCUT2D eigenvalue weighted by atomic mass is 10.2. The second-order valence-electron chi connectivity index (χ2n) is 2.29. The van der Waals surface area contributed by atoms with E-state index in [9.17, 15) is 9.59 Å². The third kappa shape index (κ3) is 5.43. The van der Waals surface area contributed by atoms with Crippen LogP contribution < -0.4 is 11.1 Å². The van der Waals surface area contributed by atoms with E-state index in [2.05, 4.69) is 11.9 Å². The summed E-state index contributed by atoms with van der Waals surface area (Å²) >= 11 is 0. The van der Waals surface area contributed by atoms with E-state index in [0.29, 0.717) is 0 Å². The molecule has 0 heterocycles. The quantitative estimate of drug-likeness (QED) is 0.452. The number of nitrogens with two attached hydrogens (primary N) is 1. The standard InChI is InChI=1S/C7H12N2O3/c1-2-5(3-6(8)10)9-4-7(11)12/h2,5,9H,1,3-4H2,(H2,8,10)(H,11,12). The maximum absolute atomic E-state index is 10.4. The molecule has 0 rings (SSSR count). The molecular formula is C7H12N2O3. The Morgan fingerprint density at radius 2 is 2.25 bits per heavy atom. The van der Waals surface area contributed by atoms with Gasteiger partial charge >= 0.3 is 5.97 Å². The Labute approximate surface area is 70.2 Å². The van der Waals surface area contributed by atoms with Gasteiger partial charge in [0.25, 0.3) is 0 Å². The molecule has 0 aliphatic carbocycles. The summed E-state index contributed by atoms with van der Waals surface area (Å²) in [5.74, 6) is -1.47. The monoisotopic (exact) mass is 172 g/mol. The van der Waals surface area contributed by atoms with E-state index >= 15 is 0 Å². The molecule has 1 atom stereocenters. The number of carbonyl (C=O) groups is 2. The Hall–Kier alpha value is -1.36. The van der Waals surface area contributed by atoms with E-state index in [-0.39, 0.29) is 19.0 Å². The molecule has 1 amide bonds. The van der Waals surface area contributed by atoms with Crippen molar-refractivity contribution in [2.45, 2.75) is 12.5 Å². The number of carbonyl (C=O) groups excluding carboxylic acids is 1. The van der Waals surface area contributed by atoms with Crippen LogP contribution in [0.5, 0.6) is 0 Å². The van der Waals surface area contributed by atoms with Gasteiger partial charge in [0.2, 0.25) is 5.91 Å². The van der Waals surface area contributed by atoms with Crippen LogP contribution in [-0.4, -0.2) is 29.6 Å². The van der Waals surface area contributed by atoms with Crippen molar-refractivity contribution in [1.82, 2.24) is 5.32 Å². The molecule has 0 radical (unpaired) electrons. The Kier molecular flexibility index (Phi) is 4.71. The van der Waals surface area contributed by atoms with Crippen molar-refractivity contribution in [3.05, 3.63) is 12.7 Å². The number of primary amides is 1. The zero-order valence-electron chi connectivity index (χ0n) is 6.62. The molecule has 5 nitrogen and oxygen atoms in total. The van der Waals surface area contributed by atoms with Gasteiger partial charge in [-0.3, -0.25) is 9.59 Å². The Balaban J connectivity index is 3.75. The molecule has 0 bridgehead atoms. The number of hydrogen-bond acceptors (Lipinski definition) is 3. The largest absolute Gasteiger partial charge is 0.480 e. The number of carboxylic acids is 1. The van der Waals surface area contributed by atoms with Crippen molar-refractivity contribution in [1.29, 1.82) is 0 Å². The molecule has 12 heavy (non-hydrogen) atoms. The molecule has 0 aromatic rings. The number of carboxylic acid groups (broad SMARTS) is 1. The number of hydrogen-bond donors (Lipinski definition) is 3. The second kappa shape index (κ2) is 5.31. The normalized spacial score (nSPS) is 12.0. The summed E-state index contributed by atoms with van der Waals surface area (Å²) in [6, 6.07) is -0.362. The van der Waals surface area contributed by atoms with Gasteiger partial charge in [0.15, 0.2) is 0 Å². The predicted molar refractivity (Wildman–Crippen MR) is 43.4 cm³/mol. The van der Waals surface area contributed by atoms with Crippen LogP contribution in [0.2, 0.25) is 0 Å². The third-order valence-corrected chi connectivity index (χ3v) is 1.22. The number of rotatable bonds is 6. The third-order valence-electron chi connectivity index (χ3n) is 1.22. The molecule has 4 N–H and O–H groups in total. The van der Waals surface area contributed by atoms with Crippen molar-refractivity contribution in [2.24, 2.45) is 5.73 Å². The molecule has 0 fully saturated rings. The van der Waals surface area contributed by atoms with Crippen LogP contribution in [0.4, 0.5) is 0 Å². The van der Waals surface area contributed by atoms with Gasteiger partial charge < -0.3 is 16.2 Å².